The number of hydrogen-bond acceptors (Lipinski definition) is 7. The van der Waals surface area contributed by atoms with Crippen molar-refractivity contribution in [2.75, 3.05) is 19.5 Å². The number of ether oxygens (including phenoxy) is 2. The van der Waals surface area contributed by atoms with Crippen molar-refractivity contribution in [2.45, 2.75) is 16.5 Å². The molecule has 2 aliphatic rings. The molecule has 2 bridgehead atoms. The molecule has 4 atom stereocenters. The summed E-state index contributed by atoms with van der Waals surface area (Å²) < 4.78 is 12.7. The Kier molecular flexibility index (Phi) is 6.22. The van der Waals surface area contributed by atoms with Crippen LogP contribution in [-0.4, -0.2) is 36.2 Å². The fraction of sp³-hybridized carbons (Fsp3) is 0.320. The Morgan fingerprint density at radius 3 is 2.65 bits per heavy atom. The summed E-state index contributed by atoms with van der Waals surface area (Å²) >= 11 is 3.17. The highest BCUT2D eigenvalue weighted by Gasteiger charge is 2.51. The second-order valence-electron chi connectivity index (χ2n) is 8.46. The third-order valence-corrected chi connectivity index (χ3v) is 8.73. The lowest BCUT2D eigenvalue weighted by atomic mass is 9.82. The van der Waals surface area contributed by atoms with Crippen molar-refractivity contribution in [3.8, 4) is 11.5 Å². The number of carboxylic acid groups (broad SMARTS) is 1. The Balaban J connectivity index is 1.29. The molecule has 2 N–H and O–H groups in total. The van der Waals surface area contributed by atoms with E-state index in [2.05, 4.69) is 5.32 Å². The maximum atomic E-state index is 13.0. The number of hydrogen-bond donors (Lipinski definition) is 2. The Bertz CT molecular complexity index is 1290. The van der Waals surface area contributed by atoms with Crippen molar-refractivity contribution in [2.24, 2.45) is 23.7 Å². The number of allylic oxidation sites excluding steroid dienone is 2. The van der Waals surface area contributed by atoms with Crippen LogP contribution in [0.4, 0.5) is 5.69 Å². The van der Waals surface area contributed by atoms with Crippen LogP contribution in [0.5, 0.6) is 11.5 Å². The molecule has 34 heavy (non-hydrogen) atoms. The molecule has 5 rings (SSSR count). The number of anilines is 1. The molecule has 0 radical (unpaired) electrons. The summed E-state index contributed by atoms with van der Waals surface area (Å²) in [5.41, 5.74) is 2.53. The highest BCUT2D eigenvalue weighted by atomic mass is 32.2. The van der Waals surface area contributed by atoms with Gasteiger partial charge >= 0.3 is 5.97 Å². The molecular weight excluding hydrogens is 472 g/mol. The highest BCUT2D eigenvalue weighted by Crippen LogP contribution is 2.48. The zero-order valence-electron chi connectivity index (χ0n) is 18.7. The Morgan fingerprint density at radius 2 is 1.91 bits per heavy atom. The van der Waals surface area contributed by atoms with Crippen LogP contribution in [0.15, 0.2) is 52.9 Å². The van der Waals surface area contributed by atoms with E-state index in [0.717, 1.165) is 38.0 Å². The molecule has 0 spiro atoms. The molecule has 9 heteroatoms. The maximum Gasteiger partial charge on any atom is 0.307 e. The lowest BCUT2D eigenvalue weighted by Gasteiger charge is -2.23. The number of carbonyl (C=O) groups is 2. The van der Waals surface area contributed by atoms with E-state index in [4.69, 9.17) is 14.5 Å². The van der Waals surface area contributed by atoms with Gasteiger partial charge in [0.15, 0.2) is 4.34 Å². The van der Waals surface area contributed by atoms with Crippen LogP contribution in [0.1, 0.15) is 12.0 Å². The second kappa shape index (κ2) is 9.31. The number of aromatic nitrogens is 1. The lowest BCUT2D eigenvalue weighted by Crippen LogP contribution is -2.36. The predicted molar refractivity (Wildman–Crippen MR) is 133 cm³/mol. The summed E-state index contributed by atoms with van der Waals surface area (Å²) in [7, 11) is 3.29. The average Bonchev–Trinajstić information content (AvgIpc) is 3.56. The van der Waals surface area contributed by atoms with E-state index in [0.29, 0.717) is 11.4 Å². The predicted octanol–water partition coefficient (Wildman–Crippen LogP) is 5.07. The topological polar surface area (TPSA) is 97.8 Å². The van der Waals surface area contributed by atoms with Gasteiger partial charge in [-0.05, 0) is 54.7 Å². The Morgan fingerprint density at radius 1 is 1.12 bits per heavy atom. The second-order valence-corrected chi connectivity index (χ2v) is 10.7. The number of nitrogens with zero attached hydrogens (tertiary/aromatic N) is 1. The minimum absolute atomic E-state index is 0.00478. The standard InChI is InChI=1S/C25H24N2O5S2/c1-31-17-6-8-19(32-2)15(10-17)12-33-25-27-18-7-5-16(11-20(18)34-25)26-23(28)21-13-3-4-14(9-13)22(21)24(29)30/h3-8,10-11,13-14,21-22H,9,12H2,1-2H3,(H,26,28)(H,29,30)/t13-,14-,21-,22-/m0/s1. The zero-order chi connectivity index (χ0) is 23.8. The lowest BCUT2D eigenvalue weighted by molar-refractivity contribution is -0.146. The maximum absolute atomic E-state index is 13.0. The third kappa shape index (κ3) is 4.25. The first-order chi connectivity index (χ1) is 16.5. The summed E-state index contributed by atoms with van der Waals surface area (Å²) in [5.74, 6) is -0.117. The summed E-state index contributed by atoms with van der Waals surface area (Å²) in [5, 5.41) is 12.6. The van der Waals surface area contributed by atoms with Crippen molar-refractivity contribution in [1.29, 1.82) is 0 Å². The third-order valence-electron chi connectivity index (χ3n) is 6.52. The molecule has 7 nitrogen and oxygen atoms in total. The van der Waals surface area contributed by atoms with Crippen molar-refractivity contribution >= 4 is 50.9 Å². The van der Waals surface area contributed by atoms with E-state index >= 15 is 0 Å². The fourth-order valence-corrected chi connectivity index (χ4v) is 7.00. The summed E-state index contributed by atoms with van der Waals surface area (Å²) in [6.07, 6.45) is 4.67. The number of rotatable bonds is 8. The molecule has 3 aromatic rings. The van der Waals surface area contributed by atoms with E-state index in [1.54, 1.807) is 37.3 Å². The zero-order valence-corrected chi connectivity index (χ0v) is 20.3. The summed E-state index contributed by atoms with van der Waals surface area (Å²) in [4.78, 5) is 29.4. The minimum Gasteiger partial charge on any atom is -0.497 e. The number of thiazole rings is 1. The van der Waals surface area contributed by atoms with Gasteiger partial charge in [0.2, 0.25) is 5.91 Å². The molecule has 2 aliphatic carbocycles. The molecule has 1 heterocycles. The molecule has 2 aromatic carbocycles. The van der Waals surface area contributed by atoms with Crippen LogP contribution in [0.25, 0.3) is 10.2 Å². The van der Waals surface area contributed by atoms with Crippen molar-refractivity contribution < 1.29 is 24.2 Å². The summed E-state index contributed by atoms with van der Waals surface area (Å²) in [6, 6.07) is 11.3. The molecule has 1 saturated carbocycles. The number of thioether (sulfide) groups is 1. The van der Waals surface area contributed by atoms with Gasteiger partial charge in [-0.15, -0.1) is 11.3 Å². The van der Waals surface area contributed by atoms with E-state index in [-0.39, 0.29) is 17.7 Å². The normalized spacial score (nSPS) is 22.8. The average molecular weight is 497 g/mol. The van der Waals surface area contributed by atoms with Crippen LogP contribution in [0, 0.1) is 23.7 Å². The van der Waals surface area contributed by atoms with Gasteiger partial charge < -0.3 is 19.9 Å². The Labute approximate surface area is 205 Å². The minimum atomic E-state index is -0.899. The van der Waals surface area contributed by atoms with Gasteiger partial charge in [-0.25, -0.2) is 4.98 Å². The van der Waals surface area contributed by atoms with Gasteiger partial charge in [-0.1, -0.05) is 23.9 Å². The van der Waals surface area contributed by atoms with E-state index < -0.39 is 17.8 Å². The molecule has 0 saturated heterocycles. The first-order valence-corrected chi connectivity index (χ1v) is 12.7. The number of benzene rings is 2. The van der Waals surface area contributed by atoms with Crippen molar-refractivity contribution in [3.05, 3.63) is 54.1 Å². The fourth-order valence-electron chi connectivity index (χ4n) is 4.92. The molecule has 1 amide bonds. The first kappa shape index (κ1) is 22.7. The quantitative estimate of drug-likeness (QED) is 0.332. The molecule has 0 aliphatic heterocycles. The van der Waals surface area contributed by atoms with E-state index in [1.165, 1.54) is 0 Å². The van der Waals surface area contributed by atoms with E-state index in [9.17, 15) is 14.7 Å². The highest BCUT2D eigenvalue weighted by molar-refractivity contribution is 8.00. The SMILES string of the molecule is COc1ccc(OC)c(CSc2nc3ccc(NC(=O)[C@@H]4[C@@H](C(=O)O)[C@H]5C=C[C@H]4C5)cc3s2)c1. The van der Waals surface area contributed by atoms with Crippen LogP contribution in [0.2, 0.25) is 0 Å². The van der Waals surface area contributed by atoms with Crippen LogP contribution in [0.3, 0.4) is 0 Å². The number of nitrogens with one attached hydrogen (secondary N) is 1. The number of carbonyl (C=O) groups excluding carboxylic acids is 1. The smallest absolute Gasteiger partial charge is 0.307 e. The Hall–Kier alpha value is -3.04. The number of fused-ring (bicyclic) bond motifs is 3. The molecule has 0 unspecified atom stereocenters. The molecule has 176 valence electrons. The van der Waals surface area contributed by atoms with Gasteiger partial charge in [0, 0.05) is 17.0 Å². The molecule has 1 aromatic heterocycles. The number of aliphatic carboxylic acids is 1. The van der Waals surface area contributed by atoms with Gasteiger partial charge in [-0.2, -0.15) is 0 Å². The number of amides is 1. The number of methoxy groups -OCH3 is 2. The largest absolute Gasteiger partial charge is 0.497 e. The monoisotopic (exact) mass is 496 g/mol. The number of carboxylic acids is 1. The van der Waals surface area contributed by atoms with Crippen molar-refractivity contribution in [1.82, 2.24) is 4.98 Å². The summed E-state index contributed by atoms with van der Waals surface area (Å²) in [6.45, 7) is 0. The van der Waals surface area contributed by atoms with Gasteiger partial charge in [0.25, 0.3) is 0 Å². The van der Waals surface area contributed by atoms with Crippen LogP contribution >= 0.6 is 23.1 Å². The van der Waals surface area contributed by atoms with Crippen molar-refractivity contribution in [3.63, 3.8) is 0 Å². The van der Waals surface area contributed by atoms with Gasteiger partial charge in [-0.3, -0.25) is 9.59 Å². The van der Waals surface area contributed by atoms with Crippen LogP contribution in [-0.2, 0) is 15.3 Å². The van der Waals surface area contributed by atoms with Gasteiger partial charge in [0.1, 0.15) is 11.5 Å². The molecule has 1 fully saturated rings. The molecular formula is C25H24N2O5S2. The van der Waals surface area contributed by atoms with E-state index in [1.807, 2.05) is 48.6 Å². The first-order valence-electron chi connectivity index (χ1n) is 10.9. The van der Waals surface area contributed by atoms with Gasteiger partial charge in [0.05, 0.1) is 36.3 Å². The van der Waals surface area contributed by atoms with Crippen LogP contribution < -0.4 is 14.8 Å².